The van der Waals surface area contributed by atoms with E-state index in [0.717, 1.165) is 5.56 Å². The van der Waals surface area contributed by atoms with E-state index in [1.165, 1.54) is 19.3 Å². The Kier molecular flexibility index (Phi) is 7.85. The van der Waals surface area contributed by atoms with Crippen LogP contribution in [0.3, 0.4) is 0 Å². The van der Waals surface area contributed by atoms with Gasteiger partial charge < -0.3 is 15.2 Å². The third-order valence-electron chi connectivity index (χ3n) is 2.90. The Morgan fingerprint density at radius 3 is 2.52 bits per heavy atom. The normalized spacial score (nSPS) is 12.2. The lowest BCUT2D eigenvalue weighted by molar-refractivity contribution is -0.145. The van der Waals surface area contributed by atoms with Crippen LogP contribution in [0.15, 0.2) is 48.6 Å². The van der Waals surface area contributed by atoms with Crippen LogP contribution >= 0.6 is 0 Å². The summed E-state index contributed by atoms with van der Waals surface area (Å²) in [5, 5.41) is 11.1. The first kappa shape index (κ1) is 18.2. The minimum absolute atomic E-state index is 0.0263. The van der Waals surface area contributed by atoms with Gasteiger partial charge >= 0.3 is 11.9 Å². The van der Waals surface area contributed by atoms with Crippen molar-refractivity contribution in [3.63, 3.8) is 0 Å². The molecule has 1 aromatic carbocycles. The van der Waals surface area contributed by atoms with Crippen molar-refractivity contribution in [3.8, 4) is 0 Å². The fourth-order valence-corrected chi connectivity index (χ4v) is 1.75. The first-order valence-corrected chi connectivity index (χ1v) is 7.03. The summed E-state index contributed by atoms with van der Waals surface area (Å²) in [6, 6.07) is 8.57. The first-order chi connectivity index (χ1) is 11.0. The van der Waals surface area contributed by atoms with Crippen LogP contribution in [0.4, 0.5) is 0 Å². The summed E-state index contributed by atoms with van der Waals surface area (Å²) in [6.45, 7) is 0. The van der Waals surface area contributed by atoms with E-state index in [1.807, 2.05) is 36.4 Å². The number of carbonyl (C=O) groups excluding carboxylic acids is 2. The number of methoxy groups -OCH3 is 1. The third-order valence-corrected chi connectivity index (χ3v) is 2.90. The van der Waals surface area contributed by atoms with Gasteiger partial charge in [0.15, 0.2) is 0 Å². The molecule has 2 N–H and O–H groups in total. The molecule has 1 rings (SSSR count). The zero-order valence-corrected chi connectivity index (χ0v) is 12.8. The number of nitrogens with one attached hydrogen (secondary N) is 1. The van der Waals surface area contributed by atoms with E-state index in [9.17, 15) is 14.4 Å². The van der Waals surface area contributed by atoms with E-state index < -0.39 is 23.9 Å². The van der Waals surface area contributed by atoms with Crippen LogP contribution in [0.5, 0.6) is 0 Å². The molecule has 0 aliphatic carbocycles. The summed E-state index contributed by atoms with van der Waals surface area (Å²) in [7, 11) is 1.18. The maximum Gasteiger partial charge on any atom is 0.328 e. The molecule has 0 aromatic heterocycles. The van der Waals surface area contributed by atoms with Crippen molar-refractivity contribution in [2.45, 2.75) is 18.9 Å². The standard InChI is InChI=1S/C17H19NO5/c1-23-17(22)14(11-12-16(20)21)18-15(19)10-6-5-9-13-7-3-2-4-8-13/h2-10,14H,11-12H2,1H3,(H,18,19)(H,20,21). The van der Waals surface area contributed by atoms with E-state index in [0.29, 0.717) is 0 Å². The topological polar surface area (TPSA) is 92.7 Å². The predicted molar refractivity (Wildman–Crippen MR) is 85.4 cm³/mol. The van der Waals surface area contributed by atoms with Gasteiger partial charge in [-0.3, -0.25) is 9.59 Å². The molecule has 1 unspecified atom stereocenters. The highest BCUT2D eigenvalue weighted by molar-refractivity contribution is 5.91. The van der Waals surface area contributed by atoms with Gasteiger partial charge in [-0.05, 0) is 12.0 Å². The number of hydrogen-bond acceptors (Lipinski definition) is 4. The van der Waals surface area contributed by atoms with Crippen LogP contribution in [-0.4, -0.2) is 36.1 Å². The average molecular weight is 317 g/mol. The number of benzene rings is 1. The second kappa shape index (κ2) is 9.94. The molecule has 23 heavy (non-hydrogen) atoms. The number of allylic oxidation sites excluding steroid dienone is 2. The van der Waals surface area contributed by atoms with Crippen molar-refractivity contribution < 1.29 is 24.2 Å². The van der Waals surface area contributed by atoms with E-state index in [4.69, 9.17) is 5.11 Å². The summed E-state index contributed by atoms with van der Waals surface area (Å²) in [5.41, 5.74) is 0.992. The average Bonchev–Trinajstić information content (AvgIpc) is 2.55. The molecule has 1 atom stereocenters. The van der Waals surface area contributed by atoms with Crippen LogP contribution in [-0.2, 0) is 19.1 Å². The molecule has 6 heteroatoms. The number of esters is 1. The number of carboxylic acid groups (broad SMARTS) is 1. The molecular formula is C17H19NO5. The van der Waals surface area contributed by atoms with Gasteiger partial charge in [-0.2, -0.15) is 0 Å². The number of aliphatic carboxylic acids is 1. The molecule has 0 heterocycles. The molecule has 1 amide bonds. The van der Waals surface area contributed by atoms with Crippen LogP contribution in [0.2, 0.25) is 0 Å². The number of rotatable bonds is 8. The van der Waals surface area contributed by atoms with E-state index in [1.54, 1.807) is 6.08 Å². The van der Waals surface area contributed by atoms with Crippen LogP contribution in [0, 0.1) is 0 Å². The molecule has 0 saturated heterocycles. The van der Waals surface area contributed by atoms with Crippen molar-refractivity contribution in [2.75, 3.05) is 7.11 Å². The zero-order valence-electron chi connectivity index (χ0n) is 12.8. The van der Waals surface area contributed by atoms with Gasteiger partial charge in [-0.25, -0.2) is 4.79 Å². The fraction of sp³-hybridized carbons (Fsp3) is 0.235. The summed E-state index contributed by atoms with van der Waals surface area (Å²) in [5.74, 6) is -2.22. The maximum atomic E-state index is 11.7. The minimum Gasteiger partial charge on any atom is -0.481 e. The largest absolute Gasteiger partial charge is 0.481 e. The molecule has 122 valence electrons. The maximum absolute atomic E-state index is 11.7. The monoisotopic (exact) mass is 317 g/mol. The molecule has 0 fully saturated rings. The van der Waals surface area contributed by atoms with Crippen LogP contribution in [0.25, 0.3) is 6.08 Å². The Morgan fingerprint density at radius 2 is 1.91 bits per heavy atom. The summed E-state index contributed by atoms with van der Waals surface area (Å²) >= 11 is 0. The Hall–Kier alpha value is -2.89. The smallest absolute Gasteiger partial charge is 0.328 e. The lowest BCUT2D eigenvalue weighted by Gasteiger charge is -2.14. The van der Waals surface area contributed by atoms with Crippen molar-refractivity contribution >= 4 is 23.9 Å². The summed E-state index contributed by atoms with van der Waals surface area (Å²) in [6.07, 6.45) is 6.05. The Balaban J connectivity index is 2.54. The number of amides is 1. The molecule has 0 spiro atoms. The highest BCUT2D eigenvalue weighted by atomic mass is 16.5. The number of carboxylic acids is 1. The third kappa shape index (κ3) is 7.61. The number of ether oxygens (including phenoxy) is 1. The van der Waals surface area contributed by atoms with Crippen molar-refractivity contribution in [1.29, 1.82) is 0 Å². The first-order valence-electron chi connectivity index (χ1n) is 7.03. The molecule has 0 aliphatic rings. The number of carbonyl (C=O) groups is 3. The predicted octanol–water partition coefficient (Wildman–Crippen LogP) is 1.78. The SMILES string of the molecule is COC(=O)C(CCC(=O)O)NC(=O)C=CC=Cc1ccccc1. The Bertz CT molecular complexity index is 592. The Morgan fingerprint density at radius 1 is 1.22 bits per heavy atom. The molecule has 0 radical (unpaired) electrons. The second-order valence-electron chi connectivity index (χ2n) is 4.65. The van der Waals surface area contributed by atoms with Crippen molar-refractivity contribution in [2.24, 2.45) is 0 Å². The molecule has 0 bridgehead atoms. The van der Waals surface area contributed by atoms with Gasteiger partial charge in [0.1, 0.15) is 6.04 Å². The van der Waals surface area contributed by atoms with Crippen LogP contribution < -0.4 is 5.32 Å². The fourth-order valence-electron chi connectivity index (χ4n) is 1.75. The lowest BCUT2D eigenvalue weighted by Crippen LogP contribution is -2.41. The Labute approximate surface area is 134 Å². The van der Waals surface area contributed by atoms with E-state index in [2.05, 4.69) is 10.1 Å². The van der Waals surface area contributed by atoms with Gasteiger partial charge in [0.2, 0.25) is 5.91 Å². The highest BCUT2D eigenvalue weighted by Crippen LogP contribution is 2.02. The quantitative estimate of drug-likeness (QED) is 0.433. The highest BCUT2D eigenvalue weighted by Gasteiger charge is 2.21. The lowest BCUT2D eigenvalue weighted by atomic mass is 10.1. The molecule has 6 nitrogen and oxygen atoms in total. The van der Waals surface area contributed by atoms with Crippen LogP contribution in [0.1, 0.15) is 18.4 Å². The minimum atomic E-state index is -1.05. The van der Waals surface area contributed by atoms with Gasteiger partial charge in [-0.15, -0.1) is 0 Å². The summed E-state index contributed by atoms with van der Waals surface area (Å²) < 4.78 is 4.54. The van der Waals surface area contributed by atoms with Gasteiger partial charge in [0, 0.05) is 12.5 Å². The molecular weight excluding hydrogens is 298 g/mol. The zero-order chi connectivity index (χ0) is 17.1. The van der Waals surface area contributed by atoms with Crippen molar-refractivity contribution in [1.82, 2.24) is 5.32 Å². The van der Waals surface area contributed by atoms with Gasteiger partial charge in [-0.1, -0.05) is 48.6 Å². The molecule has 1 aromatic rings. The van der Waals surface area contributed by atoms with Gasteiger partial charge in [0.05, 0.1) is 7.11 Å². The van der Waals surface area contributed by atoms with E-state index in [-0.39, 0.29) is 12.8 Å². The molecule has 0 saturated carbocycles. The molecule has 0 aliphatic heterocycles. The number of hydrogen-bond donors (Lipinski definition) is 2. The van der Waals surface area contributed by atoms with Gasteiger partial charge in [0.25, 0.3) is 0 Å². The van der Waals surface area contributed by atoms with E-state index >= 15 is 0 Å². The van der Waals surface area contributed by atoms with Crippen molar-refractivity contribution in [3.05, 3.63) is 54.1 Å². The second-order valence-corrected chi connectivity index (χ2v) is 4.65. The summed E-state index contributed by atoms with van der Waals surface area (Å²) in [4.78, 5) is 33.8.